The number of hydrogen-bond donors (Lipinski definition) is 4. The molecule has 5 N–H and O–H groups in total. The molecule has 0 unspecified atom stereocenters. The molecule has 0 fully saturated rings. The van der Waals surface area contributed by atoms with Crippen molar-refractivity contribution in [2.75, 3.05) is 5.32 Å². The molecule has 10 nitrogen and oxygen atoms in total. The zero-order valence-corrected chi connectivity index (χ0v) is 21.9. The number of nitrogens with one attached hydrogen (secondary N) is 3. The third-order valence-electron chi connectivity index (χ3n) is 6.59. The SMILES string of the molecule is CC(C)CC(=O)Nc1cncc(-c2cnc3n[nH]c(-c4nc5c(-c6ccc(C(N)=O)cc6)cccc5[nH]4)c3c2)c1. The molecule has 0 bridgehead atoms. The summed E-state index contributed by atoms with van der Waals surface area (Å²) in [5, 5.41) is 11.2. The van der Waals surface area contributed by atoms with Gasteiger partial charge in [-0.15, -0.1) is 0 Å². The average Bonchev–Trinajstić information content (AvgIpc) is 3.56. The number of benzene rings is 2. The molecule has 4 aromatic heterocycles. The molecule has 6 aromatic rings. The summed E-state index contributed by atoms with van der Waals surface area (Å²) in [5.74, 6) is 0.362. The van der Waals surface area contributed by atoms with Gasteiger partial charge in [-0.2, -0.15) is 5.10 Å². The van der Waals surface area contributed by atoms with Crippen LogP contribution in [0.2, 0.25) is 0 Å². The Bertz CT molecular complexity index is 1890. The number of H-pyrrole nitrogens is 2. The number of imidazole rings is 1. The summed E-state index contributed by atoms with van der Waals surface area (Å²) in [4.78, 5) is 40.9. The van der Waals surface area contributed by atoms with E-state index >= 15 is 0 Å². The number of aromatic amines is 2. The molecule has 0 saturated carbocycles. The average molecular weight is 531 g/mol. The topological polar surface area (TPSA) is 155 Å². The van der Waals surface area contributed by atoms with Crippen LogP contribution in [0, 0.1) is 5.92 Å². The first kappa shape index (κ1) is 24.9. The Balaban J connectivity index is 1.36. The zero-order valence-electron chi connectivity index (χ0n) is 21.9. The van der Waals surface area contributed by atoms with E-state index in [-0.39, 0.29) is 11.8 Å². The highest BCUT2D eigenvalue weighted by Crippen LogP contribution is 2.33. The highest BCUT2D eigenvalue weighted by molar-refractivity contribution is 5.98. The fourth-order valence-corrected chi connectivity index (χ4v) is 4.68. The monoisotopic (exact) mass is 530 g/mol. The van der Waals surface area contributed by atoms with Gasteiger partial charge < -0.3 is 16.0 Å². The number of fused-ring (bicyclic) bond motifs is 2. The van der Waals surface area contributed by atoms with Crippen LogP contribution in [0.1, 0.15) is 30.6 Å². The van der Waals surface area contributed by atoms with Gasteiger partial charge in [0.05, 0.1) is 28.3 Å². The van der Waals surface area contributed by atoms with Crippen LogP contribution in [-0.2, 0) is 4.79 Å². The molecule has 0 saturated heterocycles. The van der Waals surface area contributed by atoms with Gasteiger partial charge in [0, 0.05) is 41.1 Å². The van der Waals surface area contributed by atoms with E-state index in [4.69, 9.17) is 10.7 Å². The Morgan fingerprint density at radius 3 is 2.55 bits per heavy atom. The number of pyridine rings is 2. The largest absolute Gasteiger partial charge is 0.366 e. The van der Waals surface area contributed by atoms with Crippen molar-refractivity contribution in [2.45, 2.75) is 20.3 Å². The third-order valence-corrected chi connectivity index (χ3v) is 6.59. The Hall–Kier alpha value is -5.38. The minimum atomic E-state index is -0.468. The number of amides is 2. The lowest BCUT2D eigenvalue weighted by Crippen LogP contribution is -2.13. The van der Waals surface area contributed by atoms with Gasteiger partial charge in [-0.05, 0) is 41.8 Å². The van der Waals surface area contributed by atoms with Gasteiger partial charge in [-0.25, -0.2) is 9.97 Å². The van der Waals surface area contributed by atoms with Crippen molar-refractivity contribution in [3.05, 3.63) is 78.8 Å². The number of hydrogen-bond acceptors (Lipinski definition) is 6. The molecular weight excluding hydrogens is 504 g/mol. The highest BCUT2D eigenvalue weighted by Gasteiger charge is 2.17. The molecule has 0 spiro atoms. The van der Waals surface area contributed by atoms with Crippen molar-refractivity contribution in [2.24, 2.45) is 11.7 Å². The van der Waals surface area contributed by atoms with E-state index in [1.807, 2.05) is 56.3 Å². The molecule has 6 rings (SSSR count). The predicted octanol–water partition coefficient (Wildman–Crippen LogP) is 5.31. The maximum atomic E-state index is 12.2. The van der Waals surface area contributed by atoms with Crippen LogP contribution in [-0.4, -0.2) is 41.9 Å². The van der Waals surface area contributed by atoms with Gasteiger partial charge in [0.15, 0.2) is 11.5 Å². The minimum absolute atomic E-state index is 0.0484. The van der Waals surface area contributed by atoms with Gasteiger partial charge in [0.25, 0.3) is 0 Å². The molecule has 198 valence electrons. The smallest absolute Gasteiger partial charge is 0.248 e. The van der Waals surface area contributed by atoms with E-state index in [0.29, 0.717) is 34.8 Å². The van der Waals surface area contributed by atoms with E-state index in [9.17, 15) is 9.59 Å². The van der Waals surface area contributed by atoms with Gasteiger partial charge in [0.2, 0.25) is 11.8 Å². The lowest BCUT2D eigenvalue weighted by molar-refractivity contribution is -0.116. The van der Waals surface area contributed by atoms with Crippen molar-refractivity contribution in [1.29, 1.82) is 0 Å². The molecule has 10 heteroatoms. The number of nitrogens with two attached hydrogens (primary N) is 1. The molecule has 2 amide bonds. The Labute approximate surface area is 229 Å². The fourth-order valence-electron chi connectivity index (χ4n) is 4.68. The molecule has 0 atom stereocenters. The van der Waals surface area contributed by atoms with Crippen LogP contribution in [0.3, 0.4) is 0 Å². The molecule has 0 aliphatic carbocycles. The molecule has 0 aliphatic rings. The number of aromatic nitrogens is 6. The van der Waals surface area contributed by atoms with Gasteiger partial charge in [0.1, 0.15) is 5.69 Å². The van der Waals surface area contributed by atoms with Gasteiger partial charge in [-0.1, -0.05) is 38.1 Å². The molecule has 40 heavy (non-hydrogen) atoms. The first-order valence-electron chi connectivity index (χ1n) is 12.8. The van der Waals surface area contributed by atoms with E-state index in [1.54, 1.807) is 30.7 Å². The molecule has 0 radical (unpaired) electrons. The van der Waals surface area contributed by atoms with Crippen LogP contribution in [0.25, 0.3) is 55.8 Å². The number of primary amides is 1. The summed E-state index contributed by atoms with van der Waals surface area (Å²) in [6.45, 7) is 4.01. The van der Waals surface area contributed by atoms with Crippen LogP contribution >= 0.6 is 0 Å². The first-order chi connectivity index (χ1) is 19.4. The summed E-state index contributed by atoms with van der Waals surface area (Å²) in [6, 6.07) is 16.9. The molecule has 0 aliphatic heterocycles. The van der Waals surface area contributed by atoms with Crippen LogP contribution in [0.4, 0.5) is 5.69 Å². The maximum Gasteiger partial charge on any atom is 0.248 e. The van der Waals surface area contributed by atoms with Crippen LogP contribution in [0.5, 0.6) is 0 Å². The quantitative estimate of drug-likeness (QED) is 0.219. The number of rotatable bonds is 7. The lowest BCUT2D eigenvalue weighted by Gasteiger charge is -2.08. The van der Waals surface area contributed by atoms with Crippen molar-refractivity contribution in [3.8, 4) is 33.8 Å². The van der Waals surface area contributed by atoms with Crippen molar-refractivity contribution in [1.82, 2.24) is 30.1 Å². The van der Waals surface area contributed by atoms with E-state index in [2.05, 4.69) is 30.5 Å². The standard InChI is InChI=1S/C30H26N8O2/c1-16(2)10-25(39)34-21-11-19(13-32-15-21)20-12-23-27(37-38-29(23)33-14-20)30-35-24-5-3-4-22(26(24)36-30)17-6-8-18(9-7-17)28(31)40/h3-9,11-16H,10H2,1-2H3,(H2,31,40)(H,34,39)(H,35,36)(H,33,37,38). The first-order valence-corrected chi connectivity index (χ1v) is 12.8. The van der Waals surface area contributed by atoms with E-state index < -0.39 is 5.91 Å². The van der Waals surface area contributed by atoms with Gasteiger partial charge in [-0.3, -0.25) is 19.7 Å². The van der Waals surface area contributed by atoms with Crippen LogP contribution in [0.15, 0.2) is 73.2 Å². The number of carbonyl (C=O) groups is 2. The summed E-state index contributed by atoms with van der Waals surface area (Å²) in [6.07, 6.45) is 5.53. The third kappa shape index (κ3) is 4.78. The second kappa shape index (κ2) is 10.1. The van der Waals surface area contributed by atoms with Crippen molar-refractivity contribution in [3.63, 3.8) is 0 Å². The molecule has 2 aromatic carbocycles. The number of para-hydroxylation sites is 1. The summed E-state index contributed by atoms with van der Waals surface area (Å²) in [5.41, 5.74) is 12.8. The predicted molar refractivity (Wildman–Crippen MR) is 154 cm³/mol. The lowest BCUT2D eigenvalue weighted by atomic mass is 10.0. The fraction of sp³-hybridized carbons (Fsp3) is 0.133. The van der Waals surface area contributed by atoms with E-state index in [0.717, 1.165) is 38.7 Å². The minimum Gasteiger partial charge on any atom is -0.366 e. The zero-order chi connectivity index (χ0) is 27.8. The van der Waals surface area contributed by atoms with E-state index in [1.165, 1.54) is 0 Å². The van der Waals surface area contributed by atoms with Crippen LogP contribution < -0.4 is 11.1 Å². The van der Waals surface area contributed by atoms with Crippen molar-refractivity contribution < 1.29 is 9.59 Å². The maximum absolute atomic E-state index is 12.2. The summed E-state index contributed by atoms with van der Waals surface area (Å²) >= 11 is 0. The number of anilines is 1. The summed E-state index contributed by atoms with van der Waals surface area (Å²) < 4.78 is 0. The van der Waals surface area contributed by atoms with Crippen molar-refractivity contribution >= 4 is 39.6 Å². The normalized spacial score (nSPS) is 11.4. The number of carbonyl (C=O) groups excluding carboxylic acids is 2. The Morgan fingerprint density at radius 1 is 0.975 bits per heavy atom. The second-order valence-corrected chi connectivity index (χ2v) is 10.0. The molecule has 4 heterocycles. The number of nitrogens with zero attached hydrogens (tertiary/aromatic N) is 4. The summed E-state index contributed by atoms with van der Waals surface area (Å²) in [7, 11) is 0. The highest BCUT2D eigenvalue weighted by atomic mass is 16.1. The van der Waals surface area contributed by atoms with Gasteiger partial charge >= 0.3 is 0 Å². The Kier molecular flexibility index (Phi) is 6.27. The Morgan fingerprint density at radius 2 is 1.77 bits per heavy atom. The second-order valence-electron chi connectivity index (χ2n) is 10.0. The molecular formula is C30H26N8O2.